The number of ether oxygens (including phenoxy) is 3. The molecule has 0 bridgehead atoms. The smallest absolute Gasteiger partial charge is 0.179 e. The van der Waals surface area contributed by atoms with Gasteiger partial charge in [0.25, 0.3) is 0 Å². The van der Waals surface area contributed by atoms with E-state index in [1.54, 1.807) is 19.2 Å². The van der Waals surface area contributed by atoms with Gasteiger partial charge in [0.05, 0.1) is 12.7 Å². The maximum atomic E-state index is 9.23. The van der Waals surface area contributed by atoms with Crippen molar-refractivity contribution in [2.75, 3.05) is 20.3 Å². The monoisotopic (exact) mass is 389 g/mol. The first-order valence-electron chi connectivity index (χ1n) is 7.80. The molecule has 0 radical (unpaired) electrons. The Kier molecular flexibility index (Phi) is 6.95. The fourth-order valence-electron chi connectivity index (χ4n) is 2.30. The highest BCUT2D eigenvalue weighted by Crippen LogP contribution is 2.34. The van der Waals surface area contributed by atoms with Crippen molar-refractivity contribution in [2.45, 2.75) is 19.8 Å². The summed E-state index contributed by atoms with van der Waals surface area (Å²) >= 11 is 3.35. The van der Waals surface area contributed by atoms with Crippen molar-refractivity contribution in [1.82, 2.24) is 0 Å². The summed E-state index contributed by atoms with van der Waals surface area (Å²) in [5, 5.41) is 9.23. The largest absolute Gasteiger partial charge is 0.493 e. The predicted octanol–water partition coefficient (Wildman–Crippen LogP) is 4.74. The number of methoxy groups -OCH3 is 1. The topological polar surface area (TPSA) is 51.5 Å². The van der Waals surface area contributed by atoms with Gasteiger partial charge in [-0.3, -0.25) is 0 Å². The van der Waals surface area contributed by atoms with Gasteiger partial charge < -0.3 is 14.2 Å². The summed E-state index contributed by atoms with van der Waals surface area (Å²) in [4.78, 5) is 0. The lowest BCUT2D eigenvalue weighted by molar-refractivity contribution is 0.211. The van der Waals surface area contributed by atoms with Gasteiger partial charge in [0.15, 0.2) is 11.5 Å². The SMILES string of the molecule is CCCc1ccc(OCCOc2c(C#N)cc(Br)cc2OC)cc1. The molecule has 2 rings (SSSR count). The van der Waals surface area contributed by atoms with Gasteiger partial charge in [-0.25, -0.2) is 0 Å². The molecule has 0 aromatic heterocycles. The van der Waals surface area contributed by atoms with Gasteiger partial charge in [0.2, 0.25) is 0 Å². The fraction of sp³-hybridized carbons (Fsp3) is 0.316. The van der Waals surface area contributed by atoms with E-state index in [2.05, 4.69) is 41.1 Å². The molecule has 0 spiro atoms. The summed E-state index contributed by atoms with van der Waals surface area (Å²) in [6, 6.07) is 13.7. The molecule has 0 saturated carbocycles. The van der Waals surface area contributed by atoms with Crippen LogP contribution in [0.1, 0.15) is 24.5 Å². The number of hydrogen-bond acceptors (Lipinski definition) is 4. The second-order valence-corrected chi connectivity index (χ2v) is 6.10. The Morgan fingerprint density at radius 2 is 1.79 bits per heavy atom. The maximum absolute atomic E-state index is 9.23. The minimum atomic E-state index is 0.323. The molecule has 126 valence electrons. The number of hydrogen-bond donors (Lipinski definition) is 0. The van der Waals surface area contributed by atoms with Crippen LogP contribution in [0.4, 0.5) is 0 Å². The Morgan fingerprint density at radius 3 is 2.42 bits per heavy atom. The first-order chi connectivity index (χ1) is 11.7. The Labute approximate surface area is 151 Å². The summed E-state index contributed by atoms with van der Waals surface area (Å²) in [5.41, 5.74) is 1.73. The van der Waals surface area contributed by atoms with E-state index in [9.17, 15) is 5.26 Å². The van der Waals surface area contributed by atoms with E-state index in [0.717, 1.165) is 23.1 Å². The second kappa shape index (κ2) is 9.19. The molecule has 4 nitrogen and oxygen atoms in total. The van der Waals surface area contributed by atoms with E-state index in [-0.39, 0.29) is 0 Å². The van der Waals surface area contributed by atoms with Crippen molar-refractivity contribution >= 4 is 15.9 Å². The van der Waals surface area contributed by atoms with Gasteiger partial charge in [-0.05, 0) is 36.2 Å². The van der Waals surface area contributed by atoms with Gasteiger partial charge in [-0.15, -0.1) is 0 Å². The van der Waals surface area contributed by atoms with Crippen molar-refractivity contribution in [3.05, 3.63) is 52.0 Å². The van der Waals surface area contributed by atoms with Crippen molar-refractivity contribution in [1.29, 1.82) is 5.26 Å². The van der Waals surface area contributed by atoms with Gasteiger partial charge in [-0.2, -0.15) is 5.26 Å². The summed E-state index contributed by atoms with van der Waals surface area (Å²) in [7, 11) is 1.55. The number of nitrogens with zero attached hydrogens (tertiary/aromatic N) is 1. The number of halogens is 1. The van der Waals surface area contributed by atoms with Crippen LogP contribution < -0.4 is 14.2 Å². The molecule has 0 atom stereocenters. The predicted molar refractivity (Wildman–Crippen MR) is 96.8 cm³/mol. The first-order valence-corrected chi connectivity index (χ1v) is 8.59. The van der Waals surface area contributed by atoms with Crippen LogP contribution in [0.2, 0.25) is 0 Å². The van der Waals surface area contributed by atoms with Gasteiger partial charge in [0.1, 0.15) is 25.0 Å². The molecule has 2 aromatic rings. The second-order valence-electron chi connectivity index (χ2n) is 5.19. The first kappa shape index (κ1) is 18.2. The van der Waals surface area contributed by atoms with Crippen LogP contribution in [0.3, 0.4) is 0 Å². The zero-order valence-corrected chi connectivity index (χ0v) is 15.4. The highest BCUT2D eigenvalue weighted by molar-refractivity contribution is 9.10. The quantitative estimate of drug-likeness (QED) is 0.611. The van der Waals surface area contributed by atoms with Crippen molar-refractivity contribution < 1.29 is 14.2 Å². The van der Waals surface area contributed by atoms with Gasteiger partial charge in [0, 0.05) is 4.47 Å². The normalized spacial score (nSPS) is 10.1. The molecule has 24 heavy (non-hydrogen) atoms. The van der Waals surface area contributed by atoms with Crippen LogP contribution in [-0.2, 0) is 6.42 Å². The minimum Gasteiger partial charge on any atom is -0.493 e. The van der Waals surface area contributed by atoms with E-state index < -0.39 is 0 Å². The molecule has 0 aliphatic heterocycles. The molecule has 5 heteroatoms. The molecule has 0 N–H and O–H groups in total. The molecule has 0 amide bonds. The van der Waals surface area contributed by atoms with E-state index in [1.165, 1.54) is 5.56 Å². The van der Waals surface area contributed by atoms with Crippen molar-refractivity contribution in [3.8, 4) is 23.3 Å². The van der Waals surface area contributed by atoms with Crippen molar-refractivity contribution in [2.24, 2.45) is 0 Å². The van der Waals surface area contributed by atoms with Crippen LogP contribution in [0, 0.1) is 11.3 Å². The Bertz CT molecular complexity index is 708. The molecule has 0 heterocycles. The zero-order chi connectivity index (χ0) is 17.4. The highest BCUT2D eigenvalue weighted by Gasteiger charge is 2.12. The van der Waals surface area contributed by atoms with Gasteiger partial charge in [-0.1, -0.05) is 41.4 Å². The van der Waals surface area contributed by atoms with E-state index in [0.29, 0.717) is 30.3 Å². The average molecular weight is 390 g/mol. The van der Waals surface area contributed by atoms with E-state index in [4.69, 9.17) is 14.2 Å². The third-order valence-corrected chi connectivity index (χ3v) is 3.88. The summed E-state index contributed by atoms with van der Waals surface area (Å²) in [5.74, 6) is 1.76. The van der Waals surface area contributed by atoms with Gasteiger partial charge >= 0.3 is 0 Å². The lowest BCUT2D eigenvalue weighted by atomic mass is 10.1. The Hall–Kier alpha value is -2.19. The molecule has 2 aromatic carbocycles. The van der Waals surface area contributed by atoms with E-state index >= 15 is 0 Å². The van der Waals surface area contributed by atoms with Crippen LogP contribution in [-0.4, -0.2) is 20.3 Å². The minimum absolute atomic E-state index is 0.323. The molecule has 0 aliphatic carbocycles. The highest BCUT2D eigenvalue weighted by atomic mass is 79.9. The third kappa shape index (κ3) is 4.90. The number of benzene rings is 2. The number of aryl methyl sites for hydroxylation is 1. The Morgan fingerprint density at radius 1 is 1.08 bits per heavy atom. The van der Waals surface area contributed by atoms with Crippen LogP contribution in [0.25, 0.3) is 0 Å². The lowest BCUT2D eigenvalue weighted by Crippen LogP contribution is -2.10. The van der Waals surface area contributed by atoms with Crippen LogP contribution >= 0.6 is 15.9 Å². The number of nitriles is 1. The number of rotatable bonds is 8. The van der Waals surface area contributed by atoms with Crippen LogP contribution in [0.5, 0.6) is 17.2 Å². The van der Waals surface area contributed by atoms with E-state index in [1.807, 2.05) is 12.1 Å². The zero-order valence-electron chi connectivity index (χ0n) is 13.8. The van der Waals surface area contributed by atoms with Crippen LogP contribution in [0.15, 0.2) is 40.9 Å². The molecule has 0 unspecified atom stereocenters. The maximum Gasteiger partial charge on any atom is 0.179 e. The summed E-state index contributed by atoms with van der Waals surface area (Å²) in [6.07, 6.45) is 2.20. The Balaban J connectivity index is 1.91. The average Bonchev–Trinajstić information content (AvgIpc) is 2.60. The molecular weight excluding hydrogens is 370 g/mol. The third-order valence-electron chi connectivity index (χ3n) is 3.42. The molecular formula is C19H20BrNO3. The summed E-state index contributed by atoms with van der Waals surface area (Å²) in [6.45, 7) is 2.87. The standard InChI is InChI=1S/C19H20BrNO3/c1-3-4-14-5-7-17(8-6-14)23-9-10-24-19-15(13-21)11-16(20)12-18(19)22-2/h5-8,11-12H,3-4,9-10H2,1-2H3. The van der Waals surface area contributed by atoms with Crippen molar-refractivity contribution in [3.63, 3.8) is 0 Å². The lowest BCUT2D eigenvalue weighted by Gasteiger charge is -2.13. The molecule has 0 aliphatic rings. The fourth-order valence-corrected chi connectivity index (χ4v) is 2.73. The molecule has 0 fully saturated rings. The summed E-state index contributed by atoms with van der Waals surface area (Å²) < 4.78 is 17.4. The molecule has 0 saturated heterocycles.